The molecule has 78 valence electrons. The molecule has 1 nitrogen and oxygen atoms in total. The van der Waals surface area contributed by atoms with Gasteiger partial charge in [0, 0.05) is 11.4 Å². The highest BCUT2D eigenvalue weighted by Gasteiger charge is 2.12. The quantitative estimate of drug-likeness (QED) is 0.848. The van der Waals surface area contributed by atoms with Crippen LogP contribution in [0.25, 0.3) is 0 Å². The molecule has 14 heavy (non-hydrogen) atoms. The Kier molecular flexibility index (Phi) is 4.35. The van der Waals surface area contributed by atoms with Crippen LogP contribution in [0.3, 0.4) is 0 Å². The molecule has 1 N–H and O–H groups in total. The summed E-state index contributed by atoms with van der Waals surface area (Å²) in [5.74, 6) is 3.66. The molecule has 0 unspecified atom stereocenters. The van der Waals surface area contributed by atoms with Crippen LogP contribution in [0.4, 0.5) is 0 Å². The zero-order valence-electron chi connectivity index (χ0n) is 8.37. The van der Waals surface area contributed by atoms with Gasteiger partial charge in [0.15, 0.2) is 0 Å². The van der Waals surface area contributed by atoms with Gasteiger partial charge in [-0.2, -0.15) is 11.8 Å². The lowest BCUT2D eigenvalue weighted by atomic mass is 10.0. The van der Waals surface area contributed by atoms with Crippen molar-refractivity contribution in [2.24, 2.45) is 5.92 Å². The first-order valence-electron chi connectivity index (χ1n) is 5.26. The van der Waals surface area contributed by atoms with Crippen LogP contribution in [-0.2, 0) is 6.54 Å². The maximum absolute atomic E-state index is 3.56. The van der Waals surface area contributed by atoms with Crippen molar-refractivity contribution < 1.29 is 0 Å². The third-order valence-electron chi connectivity index (χ3n) is 2.65. The number of hydrogen-bond donors (Lipinski definition) is 1. The molecule has 2 heterocycles. The molecule has 0 radical (unpaired) electrons. The van der Waals surface area contributed by atoms with Crippen LogP contribution in [0, 0.1) is 5.92 Å². The molecule has 1 aliphatic rings. The fourth-order valence-electron chi connectivity index (χ4n) is 1.76. The zero-order valence-corrected chi connectivity index (χ0v) is 10.0. The minimum Gasteiger partial charge on any atom is -0.312 e. The van der Waals surface area contributed by atoms with Crippen LogP contribution in [-0.4, -0.2) is 18.1 Å². The predicted molar refractivity (Wildman–Crippen MR) is 66.1 cm³/mol. The lowest BCUT2D eigenvalue weighted by Crippen LogP contribution is -2.25. The van der Waals surface area contributed by atoms with Crippen LogP contribution >= 0.6 is 23.1 Å². The molecule has 0 spiro atoms. The van der Waals surface area contributed by atoms with Gasteiger partial charge in [-0.25, -0.2) is 0 Å². The highest BCUT2D eigenvalue weighted by atomic mass is 32.2. The van der Waals surface area contributed by atoms with Crippen molar-refractivity contribution in [1.29, 1.82) is 0 Å². The van der Waals surface area contributed by atoms with Gasteiger partial charge in [-0.1, -0.05) is 6.07 Å². The van der Waals surface area contributed by atoms with E-state index in [-0.39, 0.29) is 0 Å². The average Bonchev–Trinajstić information content (AvgIpc) is 2.72. The van der Waals surface area contributed by atoms with Gasteiger partial charge in [0.25, 0.3) is 0 Å². The summed E-state index contributed by atoms with van der Waals surface area (Å²) in [5, 5.41) is 5.71. The summed E-state index contributed by atoms with van der Waals surface area (Å²) < 4.78 is 0. The summed E-state index contributed by atoms with van der Waals surface area (Å²) in [4.78, 5) is 1.45. The Bertz CT molecular complexity index is 240. The Labute approximate surface area is 94.3 Å². The second-order valence-corrected chi connectivity index (χ2v) is 6.02. The molecule has 0 aromatic carbocycles. The molecule has 1 aliphatic heterocycles. The molecule has 0 amide bonds. The van der Waals surface area contributed by atoms with Gasteiger partial charge in [-0.05, 0) is 48.3 Å². The first kappa shape index (κ1) is 10.5. The largest absolute Gasteiger partial charge is 0.312 e. The fraction of sp³-hybridized carbons (Fsp3) is 0.636. The van der Waals surface area contributed by atoms with E-state index in [1.807, 2.05) is 11.3 Å². The molecule has 0 aliphatic carbocycles. The number of nitrogens with one attached hydrogen (secondary N) is 1. The van der Waals surface area contributed by atoms with E-state index >= 15 is 0 Å². The number of rotatable bonds is 4. The van der Waals surface area contributed by atoms with Gasteiger partial charge in [0.2, 0.25) is 0 Å². The predicted octanol–water partition coefficient (Wildman–Crippen LogP) is 2.98. The summed E-state index contributed by atoms with van der Waals surface area (Å²) >= 11 is 3.95. The molecule has 0 atom stereocenters. The van der Waals surface area contributed by atoms with Gasteiger partial charge in [0.1, 0.15) is 0 Å². The number of hydrogen-bond acceptors (Lipinski definition) is 3. The molecule has 0 saturated carbocycles. The van der Waals surface area contributed by atoms with Crippen LogP contribution in [0.2, 0.25) is 0 Å². The van der Waals surface area contributed by atoms with Crippen molar-refractivity contribution in [3.05, 3.63) is 22.4 Å². The second kappa shape index (κ2) is 5.79. The molecule has 2 rings (SSSR count). The van der Waals surface area contributed by atoms with E-state index in [9.17, 15) is 0 Å². The van der Waals surface area contributed by atoms with E-state index in [1.54, 1.807) is 0 Å². The fourth-order valence-corrected chi connectivity index (χ4v) is 3.64. The van der Waals surface area contributed by atoms with Gasteiger partial charge in [0.05, 0.1) is 0 Å². The Morgan fingerprint density at radius 3 is 2.93 bits per heavy atom. The molecule has 3 heteroatoms. The van der Waals surface area contributed by atoms with Crippen molar-refractivity contribution in [3.8, 4) is 0 Å². The smallest absolute Gasteiger partial charge is 0.0299 e. The first-order valence-corrected chi connectivity index (χ1v) is 7.29. The van der Waals surface area contributed by atoms with Crippen LogP contribution in [0.1, 0.15) is 17.7 Å². The molecular formula is C11H17NS2. The summed E-state index contributed by atoms with van der Waals surface area (Å²) in [7, 11) is 0. The maximum atomic E-state index is 3.56. The number of thioether (sulfide) groups is 1. The van der Waals surface area contributed by atoms with Crippen molar-refractivity contribution in [2.45, 2.75) is 19.4 Å². The van der Waals surface area contributed by atoms with Gasteiger partial charge in [-0.15, -0.1) is 11.3 Å². The third-order valence-corrected chi connectivity index (χ3v) is 4.58. The minimum atomic E-state index is 0.927. The van der Waals surface area contributed by atoms with Crippen LogP contribution < -0.4 is 5.32 Å². The van der Waals surface area contributed by atoms with E-state index in [1.165, 1.54) is 35.8 Å². The highest BCUT2D eigenvalue weighted by Crippen LogP contribution is 2.22. The minimum absolute atomic E-state index is 0.927. The summed E-state index contributed by atoms with van der Waals surface area (Å²) in [6.45, 7) is 2.26. The SMILES string of the molecule is c1csc(CNCC2CCSCC2)c1. The number of thiophene rings is 1. The summed E-state index contributed by atoms with van der Waals surface area (Å²) in [5.41, 5.74) is 0. The average molecular weight is 227 g/mol. The topological polar surface area (TPSA) is 12.0 Å². The molecule has 1 fully saturated rings. The van der Waals surface area contributed by atoms with Crippen molar-refractivity contribution in [1.82, 2.24) is 5.32 Å². The molecule has 0 bridgehead atoms. The van der Waals surface area contributed by atoms with Crippen molar-refractivity contribution >= 4 is 23.1 Å². The maximum Gasteiger partial charge on any atom is 0.0299 e. The van der Waals surface area contributed by atoms with E-state index in [0.29, 0.717) is 0 Å². The standard InChI is InChI=1S/C11H17NS2/c1-2-11(14-5-1)9-12-8-10-3-6-13-7-4-10/h1-2,5,10,12H,3-4,6-9H2. The highest BCUT2D eigenvalue weighted by molar-refractivity contribution is 7.99. The summed E-state index contributed by atoms with van der Waals surface area (Å²) in [6, 6.07) is 4.33. The molecule has 1 saturated heterocycles. The van der Waals surface area contributed by atoms with Crippen LogP contribution in [0.15, 0.2) is 17.5 Å². The van der Waals surface area contributed by atoms with Crippen molar-refractivity contribution in [3.63, 3.8) is 0 Å². The molecule has 1 aromatic rings. The lowest BCUT2D eigenvalue weighted by Gasteiger charge is -2.21. The van der Waals surface area contributed by atoms with E-state index < -0.39 is 0 Å². The van der Waals surface area contributed by atoms with E-state index in [2.05, 4.69) is 34.6 Å². The normalized spacial score (nSPS) is 18.6. The van der Waals surface area contributed by atoms with Crippen LogP contribution in [0.5, 0.6) is 0 Å². The summed E-state index contributed by atoms with van der Waals surface area (Å²) in [6.07, 6.45) is 2.81. The first-order chi connectivity index (χ1) is 6.95. The second-order valence-electron chi connectivity index (χ2n) is 3.77. The molecular weight excluding hydrogens is 210 g/mol. The zero-order chi connectivity index (χ0) is 9.64. The Hall–Kier alpha value is 0.01000. The van der Waals surface area contributed by atoms with Gasteiger partial charge in [-0.3, -0.25) is 0 Å². The Morgan fingerprint density at radius 1 is 1.36 bits per heavy atom. The Balaban J connectivity index is 1.62. The monoisotopic (exact) mass is 227 g/mol. The Morgan fingerprint density at radius 2 is 2.21 bits per heavy atom. The molecule has 1 aromatic heterocycles. The van der Waals surface area contributed by atoms with Gasteiger partial charge < -0.3 is 5.32 Å². The van der Waals surface area contributed by atoms with Crippen molar-refractivity contribution in [2.75, 3.05) is 18.1 Å². The third kappa shape index (κ3) is 3.30. The van der Waals surface area contributed by atoms with Gasteiger partial charge >= 0.3 is 0 Å². The lowest BCUT2D eigenvalue weighted by molar-refractivity contribution is 0.449. The van der Waals surface area contributed by atoms with E-state index in [4.69, 9.17) is 0 Å². The van der Waals surface area contributed by atoms with E-state index in [0.717, 1.165) is 12.5 Å².